The first kappa shape index (κ1) is 25.5. The van der Waals surface area contributed by atoms with Crippen LogP contribution in [0.1, 0.15) is 25.0 Å². The lowest BCUT2D eigenvalue weighted by Gasteiger charge is -2.47. The monoisotopic (exact) mass is 488 g/mol. The lowest BCUT2D eigenvalue weighted by molar-refractivity contribution is -0.298. The van der Waals surface area contributed by atoms with Gasteiger partial charge in [0.2, 0.25) is 0 Å². The van der Waals surface area contributed by atoms with Crippen molar-refractivity contribution >= 4 is 8.56 Å². The highest BCUT2D eigenvalue weighted by molar-refractivity contribution is 6.64. The summed E-state index contributed by atoms with van der Waals surface area (Å²) in [5.74, 6) is 0. The molecule has 0 unspecified atom stereocenters. The van der Waals surface area contributed by atoms with Gasteiger partial charge >= 0.3 is 8.56 Å². The molecular formula is C26H36O7Si. The summed E-state index contributed by atoms with van der Waals surface area (Å²) in [6, 6.07) is 19.8. The Morgan fingerprint density at radius 1 is 0.971 bits per heavy atom. The predicted molar refractivity (Wildman–Crippen MR) is 129 cm³/mol. The number of ether oxygens (including phenoxy) is 4. The fourth-order valence-electron chi connectivity index (χ4n) is 4.47. The first-order chi connectivity index (χ1) is 16.3. The van der Waals surface area contributed by atoms with E-state index >= 15 is 0 Å². The maximum Gasteiger partial charge on any atom is 0.332 e. The van der Waals surface area contributed by atoms with Gasteiger partial charge < -0.3 is 32.9 Å². The third-order valence-electron chi connectivity index (χ3n) is 6.06. The molecule has 2 fully saturated rings. The normalized spacial score (nSPS) is 29.0. The Labute approximate surface area is 203 Å². The second kappa shape index (κ2) is 11.0. The van der Waals surface area contributed by atoms with E-state index in [9.17, 15) is 5.11 Å². The molecule has 34 heavy (non-hydrogen) atoms. The van der Waals surface area contributed by atoms with Crippen LogP contribution in [0.25, 0.3) is 0 Å². The second-order valence-corrected chi connectivity index (χ2v) is 13.0. The van der Waals surface area contributed by atoms with Crippen LogP contribution < -0.4 is 0 Å². The summed E-state index contributed by atoms with van der Waals surface area (Å²) in [6.07, 6.45) is -2.52. The van der Waals surface area contributed by atoms with Crippen molar-refractivity contribution in [1.29, 1.82) is 0 Å². The van der Waals surface area contributed by atoms with E-state index in [0.717, 1.165) is 11.1 Å². The first-order valence-electron chi connectivity index (χ1n) is 11.9. The maximum atomic E-state index is 12.0. The van der Waals surface area contributed by atoms with Crippen molar-refractivity contribution in [2.45, 2.75) is 76.5 Å². The topological polar surface area (TPSA) is 75.6 Å². The summed E-state index contributed by atoms with van der Waals surface area (Å²) in [7, 11) is -2.49. The molecule has 8 heteroatoms. The molecule has 2 saturated heterocycles. The molecule has 0 radical (unpaired) electrons. The van der Waals surface area contributed by atoms with Crippen LogP contribution in [-0.2, 0) is 41.0 Å². The van der Waals surface area contributed by atoms with Crippen molar-refractivity contribution in [3.05, 3.63) is 71.8 Å². The van der Waals surface area contributed by atoms with Gasteiger partial charge in [0.15, 0.2) is 6.29 Å². The van der Waals surface area contributed by atoms with Crippen molar-refractivity contribution in [2.75, 3.05) is 13.2 Å². The molecule has 5 atom stereocenters. The smallest absolute Gasteiger partial charge is 0.332 e. The third-order valence-corrected chi connectivity index (χ3v) is 7.93. The Balaban J connectivity index is 1.55. The zero-order valence-electron chi connectivity index (χ0n) is 20.4. The molecule has 2 heterocycles. The molecule has 0 aromatic heterocycles. The molecule has 0 aliphatic carbocycles. The van der Waals surface area contributed by atoms with E-state index in [0.29, 0.717) is 13.2 Å². The number of rotatable bonds is 11. The van der Waals surface area contributed by atoms with Crippen molar-refractivity contribution in [3.63, 3.8) is 0 Å². The maximum absolute atomic E-state index is 12.0. The van der Waals surface area contributed by atoms with Gasteiger partial charge in [-0.25, -0.2) is 0 Å². The highest BCUT2D eigenvalue weighted by Gasteiger charge is 2.61. The van der Waals surface area contributed by atoms with E-state index in [4.69, 9.17) is 27.8 Å². The first-order valence-corrected chi connectivity index (χ1v) is 14.7. The summed E-state index contributed by atoms with van der Waals surface area (Å²) in [4.78, 5) is 0. The predicted octanol–water partition coefficient (Wildman–Crippen LogP) is 3.79. The van der Waals surface area contributed by atoms with E-state index in [2.05, 4.69) is 0 Å². The third kappa shape index (κ3) is 6.13. The van der Waals surface area contributed by atoms with Crippen LogP contribution in [0.3, 0.4) is 0 Å². The summed E-state index contributed by atoms with van der Waals surface area (Å²) in [5, 5.41) is 12.0. The minimum Gasteiger partial charge on any atom is -0.392 e. The number of benzene rings is 2. The number of fused-ring (bicyclic) bond motifs is 2. The largest absolute Gasteiger partial charge is 0.392 e. The number of hydrogen-bond donors (Lipinski definition) is 1. The minimum absolute atomic E-state index is 0.00431. The standard InChI is InChI=1S/C26H36O7Si/c1-19(2)33-34(3,4)31-18-26(27)22-17-30-25(32-22)23(28-15-20-11-7-5-8-12-20)24(26)29-16-21-13-9-6-10-14-21/h5-14,19,22-25,27H,15-18H2,1-4H3/t22-,23-,24-,25-,26+/m1/s1. The zero-order valence-corrected chi connectivity index (χ0v) is 21.4. The Morgan fingerprint density at radius 3 is 2.15 bits per heavy atom. The van der Waals surface area contributed by atoms with Crippen LogP contribution in [0.5, 0.6) is 0 Å². The zero-order chi connectivity index (χ0) is 24.2. The van der Waals surface area contributed by atoms with Gasteiger partial charge in [-0.1, -0.05) is 60.7 Å². The van der Waals surface area contributed by atoms with Crippen LogP contribution in [0.4, 0.5) is 0 Å². The van der Waals surface area contributed by atoms with Crippen LogP contribution in [0.2, 0.25) is 13.1 Å². The van der Waals surface area contributed by atoms with Gasteiger partial charge in [0, 0.05) is 6.10 Å². The van der Waals surface area contributed by atoms with Crippen LogP contribution in [0.15, 0.2) is 60.7 Å². The van der Waals surface area contributed by atoms with Gasteiger partial charge in [-0.2, -0.15) is 0 Å². The molecule has 7 nitrogen and oxygen atoms in total. The van der Waals surface area contributed by atoms with Crippen molar-refractivity contribution < 1.29 is 32.9 Å². The van der Waals surface area contributed by atoms with Gasteiger partial charge in [0.25, 0.3) is 0 Å². The summed E-state index contributed by atoms with van der Waals surface area (Å²) in [6.45, 7) is 8.81. The lowest BCUT2D eigenvalue weighted by atomic mass is 9.86. The SMILES string of the molecule is CC(C)O[Si](C)(C)OC[C@@]1(O)[C@H](OCc2ccccc2)[C@@H](OCc2ccccc2)[C@@H]2OC[C@H]1O2. The van der Waals surface area contributed by atoms with Crippen LogP contribution >= 0.6 is 0 Å². The van der Waals surface area contributed by atoms with E-state index < -0.39 is 38.8 Å². The molecule has 0 amide bonds. The Kier molecular flexibility index (Phi) is 8.22. The van der Waals surface area contributed by atoms with Crippen LogP contribution in [0, 0.1) is 0 Å². The van der Waals surface area contributed by atoms with Crippen molar-refractivity contribution in [2.24, 2.45) is 0 Å². The highest BCUT2D eigenvalue weighted by atomic mass is 28.4. The molecule has 2 aromatic carbocycles. The van der Waals surface area contributed by atoms with E-state index in [1.54, 1.807) is 0 Å². The van der Waals surface area contributed by atoms with Gasteiger partial charge in [-0.3, -0.25) is 0 Å². The van der Waals surface area contributed by atoms with Crippen molar-refractivity contribution in [3.8, 4) is 0 Å². The van der Waals surface area contributed by atoms with Crippen molar-refractivity contribution in [1.82, 2.24) is 0 Å². The lowest BCUT2D eigenvalue weighted by Crippen LogP contribution is -2.67. The molecule has 186 valence electrons. The Hall–Kier alpha value is -1.62. The van der Waals surface area contributed by atoms with Gasteiger partial charge in [0.05, 0.1) is 26.4 Å². The minimum atomic E-state index is -2.49. The summed E-state index contributed by atoms with van der Waals surface area (Å²) >= 11 is 0. The second-order valence-electron chi connectivity index (χ2n) is 9.65. The molecule has 2 aliphatic rings. The van der Waals surface area contributed by atoms with E-state index in [1.165, 1.54) is 0 Å². The molecule has 4 rings (SSSR count). The molecule has 0 saturated carbocycles. The highest BCUT2D eigenvalue weighted by Crippen LogP contribution is 2.40. The van der Waals surface area contributed by atoms with E-state index in [-0.39, 0.29) is 19.3 Å². The summed E-state index contributed by atoms with van der Waals surface area (Å²) in [5.41, 5.74) is 0.557. The Morgan fingerprint density at radius 2 is 1.56 bits per heavy atom. The average Bonchev–Trinajstić information content (AvgIpc) is 3.27. The molecule has 1 N–H and O–H groups in total. The molecule has 2 bridgehead atoms. The van der Waals surface area contributed by atoms with Gasteiger partial charge in [-0.15, -0.1) is 0 Å². The van der Waals surface area contributed by atoms with Gasteiger partial charge in [-0.05, 0) is 38.1 Å². The molecule has 2 aliphatic heterocycles. The molecule has 0 spiro atoms. The molecule has 2 aromatic rings. The van der Waals surface area contributed by atoms with E-state index in [1.807, 2.05) is 87.6 Å². The fourth-order valence-corrected chi connectivity index (χ4v) is 6.25. The number of aliphatic hydroxyl groups is 1. The summed E-state index contributed by atoms with van der Waals surface area (Å²) < 4.78 is 36.8. The fraction of sp³-hybridized carbons (Fsp3) is 0.538. The van der Waals surface area contributed by atoms with Crippen LogP contribution in [-0.4, -0.2) is 63.2 Å². The average molecular weight is 489 g/mol. The van der Waals surface area contributed by atoms with Gasteiger partial charge in [0.1, 0.15) is 23.9 Å². The Bertz CT molecular complexity index is 895. The molecular weight excluding hydrogens is 452 g/mol. The number of hydrogen-bond acceptors (Lipinski definition) is 7. The quantitative estimate of drug-likeness (QED) is 0.483.